The highest BCUT2D eigenvalue weighted by atomic mass is 32.1. The largest absolute Gasteiger partial charge is 0.360 e. The summed E-state index contributed by atoms with van der Waals surface area (Å²) in [5, 5.41) is 15.2. The minimum absolute atomic E-state index is 0.430. The van der Waals surface area contributed by atoms with Crippen LogP contribution in [-0.4, -0.2) is 4.98 Å². The van der Waals surface area contributed by atoms with Crippen LogP contribution in [0.2, 0.25) is 0 Å². The second-order valence-electron chi connectivity index (χ2n) is 4.85. The average Bonchev–Trinajstić information content (AvgIpc) is 2.86. The maximum atomic E-state index is 9.25. The number of hydrogen-bond acceptors (Lipinski definition) is 4. The van der Waals surface area contributed by atoms with Gasteiger partial charge in [0.25, 0.3) is 0 Å². The van der Waals surface area contributed by atoms with E-state index in [4.69, 9.17) is 0 Å². The Morgan fingerprint density at radius 1 is 1.40 bits per heavy atom. The van der Waals surface area contributed by atoms with Crippen LogP contribution in [0.1, 0.15) is 36.0 Å². The zero-order chi connectivity index (χ0) is 14.5. The molecule has 4 heteroatoms. The predicted octanol–water partition coefficient (Wildman–Crippen LogP) is 4.55. The van der Waals surface area contributed by atoms with Gasteiger partial charge >= 0.3 is 0 Å². The summed E-state index contributed by atoms with van der Waals surface area (Å²) in [6, 6.07) is 10.3. The lowest BCUT2D eigenvalue weighted by Gasteiger charge is -2.12. The first-order valence-electron chi connectivity index (χ1n) is 6.50. The van der Waals surface area contributed by atoms with E-state index in [9.17, 15) is 5.26 Å². The lowest BCUT2D eigenvalue weighted by Crippen LogP contribution is -1.97. The molecule has 0 aliphatic rings. The van der Waals surface area contributed by atoms with Crippen LogP contribution in [-0.2, 0) is 0 Å². The monoisotopic (exact) mass is 283 g/mol. The van der Waals surface area contributed by atoms with Crippen LogP contribution in [0.15, 0.2) is 35.8 Å². The summed E-state index contributed by atoms with van der Waals surface area (Å²) in [4.78, 5) is 4.34. The number of rotatable bonds is 4. The summed E-state index contributed by atoms with van der Waals surface area (Å²) in [5.41, 5.74) is 3.76. The molecule has 0 aliphatic carbocycles. The maximum absolute atomic E-state index is 9.25. The lowest BCUT2D eigenvalue weighted by molar-refractivity contribution is 0.869. The molecule has 0 radical (unpaired) electrons. The highest BCUT2D eigenvalue weighted by molar-refractivity contribution is 7.10. The fourth-order valence-corrected chi connectivity index (χ4v) is 2.66. The van der Waals surface area contributed by atoms with E-state index in [-0.39, 0.29) is 0 Å². The van der Waals surface area contributed by atoms with Gasteiger partial charge in [0.15, 0.2) is 0 Å². The number of hydrogen-bond donors (Lipinski definition) is 1. The Morgan fingerprint density at radius 3 is 2.75 bits per heavy atom. The maximum Gasteiger partial charge on any atom is 0.135 e. The molecule has 0 bridgehead atoms. The highest BCUT2D eigenvalue weighted by Crippen LogP contribution is 2.25. The number of aryl methyl sites for hydroxylation is 1. The standard InChI is InChI=1S/C16H17N3S/c1-11(2)14-6-4-5-7-15(14)18-9-13(8-17)16-19-12(3)10-20-16/h4-7,9-11,18H,1-3H3/b13-9+. The van der Waals surface area contributed by atoms with Gasteiger partial charge < -0.3 is 5.32 Å². The van der Waals surface area contributed by atoms with E-state index >= 15 is 0 Å². The van der Waals surface area contributed by atoms with Gasteiger partial charge in [0.2, 0.25) is 0 Å². The quantitative estimate of drug-likeness (QED) is 0.837. The number of para-hydroxylation sites is 1. The Kier molecular flexibility index (Phi) is 4.54. The number of nitrogens with zero attached hydrogens (tertiary/aromatic N) is 2. The molecule has 0 spiro atoms. The molecule has 1 heterocycles. The molecule has 3 nitrogen and oxygen atoms in total. The van der Waals surface area contributed by atoms with Crippen molar-refractivity contribution in [2.24, 2.45) is 0 Å². The van der Waals surface area contributed by atoms with Gasteiger partial charge in [-0.25, -0.2) is 4.98 Å². The molecule has 1 aromatic heterocycles. The van der Waals surface area contributed by atoms with Crippen LogP contribution in [0.25, 0.3) is 5.57 Å². The molecule has 0 atom stereocenters. The first-order valence-corrected chi connectivity index (χ1v) is 7.38. The van der Waals surface area contributed by atoms with Crippen molar-refractivity contribution >= 4 is 22.6 Å². The second-order valence-corrected chi connectivity index (χ2v) is 5.71. The Labute approximate surface area is 123 Å². The third-order valence-electron chi connectivity index (χ3n) is 2.92. The minimum atomic E-state index is 0.430. The summed E-state index contributed by atoms with van der Waals surface area (Å²) in [6.45, 7) is 6.23. The smallest absolute Gasteiger partial charge is 0.135 e. The van der Waals surface area contributed by atoms with Gasteiger partial charge in [0.1, 0.15) is 16.6 Å². The summed E-state index contributed by atoms with van der Waals surface area (Å²) in [6.07, 6.45) is 1.74. The van der Waals surface area contributed by atoms with E-state index in [2.05, 4.69) is 36.3 Å². The summed E-state index contributed by atoms with van der Waals surface area (Å²) in [5.74, 6) is 0.430. The summed E-state index contributed by atoms with van der Waals surface area (Å²) in [7, 11) is 0. The van der Waals surface area contributed by atoms with Crippen LogP contribution in [0.4, 0.5) is 5.69 Å². The molecule has 0 amide bonds. The Morgan fingerprint density at radius 2 is 2.15 bits per heavy atom. The van der Waals surface area contributed by atoms with Crippen molar-refractivity contribution in [1.82, 2.24) is 4.98 Å². The number of thiazole rings is 1. The second kappa shape index (κ2) is 6.36. The molecule has 2 rings (SSSR count). The van der Waals surface area contributed by atoms with Gasteiger partial charge in [-0.3, -0.25) is 0 Å². The molecule has 0 saturated heterocycles. The van der Waals surface area contributed by atoms with Crippen molar-refractivity contribution in [3.05, 3.63) is 52.1 Å². The van der Waals surface area contributed by atoms with Crippen LogP contribution < -0.4 is 5.32 Å². The molecule has 0 aliphatic heterocycles. The zero-order valence-electron chi connectivity index (χ0n) is 11.8. The Hall–Kier alpha value is -2.12. The van der Waals surface area contributed by atoms with Gasteiger partial charge in [-0.05, 0) is 24.5 Å². The normalized spacial score (nSPS) is 11.4. The SMILES string of the molecule is Cc1csc(/C(C#N)=C/Nc2ccccc2C(C)C)n1. The predicted molar refractivity (Wildman–Crippen MR) is 84.6 cm³/mol. The molecule has 1 N–H and O–H groups in total. The van der Waals surface area contributed by atoms with Crippen LogP contribution in [0, 0.1) is 18.3 Å². The molecule has 20 heavy (non-hydrogen) atoms. The van der Waals surface area contributed by atoms with Crippen LogP contribution in [0.3, 0.4) is 0 Å². The molecule has 1 aromatic carbocycles. The molecular weight excluding hydrogens is 266 g/mol. The van der Waals surface area contributed by atoms with E-state index < -0.39 is 0 Å². The molecular formula is C16H17N3S. The molecule has 102 valence electrons. The van der Waals surface area contributed by atoms with Gasteiger partial charge in [-0.15, -0.1) is 11.3 Å². The van der Waals surface area contributed by atoms with Crippen molar-refractivity contribution in [3.8, 4) is 6.07 Å². The van der Waals surface area contributed by atoms with Gasteiger partial charge in [0, 0.05) is 23.0 Å². The molecule has 0 unspecified atom stereocenters. The molecule has 0 saturated carbocycles. The van der Waals surface area contributed by atoms with Crippen LogP contribution >= 0.6 is 11.3 Å². The Balaban J connectivity index is 2.26. The van der Waals surface area contributed by atoms with Crippen LogP contribution in [0.5, 0.6) is 0 Å². The summed E-state index contributed by atoms with van der Waals surface area (Å²) >= 11 is 1.49. The number of anilines is 1. The minimum Gasteiger partial charge on any atom is -0.360 e. The fraction of sp³-hybridized carbons (Fsp3) is 0.250. The van der Waals surface area contributed by atoms with E-state index in [1.165, 1.54) is 16.9 Å². The first kappa shape index (κ1) is 14.3. The first-order chi connectivity index (χ1) is 9.61. The van der Waals surface area contributed by atoms with Gasteiger partial charge in [0.05, 0.1) is 0 Å². The van der Waals surface area contributed by atoms with Gasteiger partial charge in [-0.2, -0.15) is 5.26 Å². The third-order valence-corrected chi connectivity index (χ3v) is 3.92. The van der Waals surface area contributed by atoms with E-state index in [1.54, 1.807) is 6.20 Å². The number of nitriles is 1. The number of nitrogens with one attached hydrogen (secondary N) is 1. The average molecular weight is 283 g/mol. The number of allylic oxidation sites excluding steroid dienone is 1. The molecule has 2 aromatic rings. The van der Waals surface area contributed by atoms with Crippen molar-refractivity contribution < 1.29 is 0 Å². The van der Waals surface area contributed by atoms with Crippen molar-refractivity contribution in [2.75, 3.05) is 5.32 Å². The number of aromatic nitrogens is 1. The number of benzene rings is 1. The van der Waals surface area contributed by atoms with Crippen molar-refractivity contribution in [3.63, 3.8) is 0 Å². The molecule has 0 fully saturated rings. The summed E-state index contributed by atoms with van der Waals surface area (Å²) < 4.78 is 0. The van der Waals surface area contributed by atoms with E-state index in [0.29, 0.717) is 11.5 Å². The van der Waals surface area contributed by atoms with Crippen molar-refractivity contribution in [1.29, 1.82) is 5.26 Å². The van der Waals surface area contributed by atoms with E-state index in [0.717, 1.165) is 16.4 Å². The topological polar surface area (TPSA) is 48.7 Å². The Bertz CT molecular complexity index is 662. The third kappa shape index (κ3) is 3.25. The van der Waals surface area contributed by atoms with Crippen molar-refractivity contribution in [2.45, 2.75) is 26.7 Å². The van der Waals surface area contributed by atoms with E-state index in [1.807, 2.05) is 30.5 Å². The zero-order valence-corrected chi connectivity index (χ0v) is 12.7. The van der Waals surface area contributed by atoms with Gasteiger partial charge in [-0.1, -0.05) is 32.0 Å². The highest BCUT2D eigenvalue weighted by Gasteiger charge is 2.07. The fourth-order valence-electron chi connectivity index (χ4n) is 1.90. The lowest BCUT2D eigenvalue weighted by atomic mass is 10.0.